The molecule has 0 saturated heterocycles. The third kappa shape index (κ3) is 5.94. The standard InChI is InChI=1S/C20H33N3O3S/c1-15(24)23(5)19-12-10-17(11-13-19)21-14-16-6-8-18(9-7-16)22-27(25,26)20(2,3)4/h10-13,16,18,21-22H,6-9,14H2,1-5H3. The predicted molar refractivity (Wildman–Crippen MR) is 112 cm³/mol. The second kappa shape index (κ2) is 8.61. The fraction of sp³-hybridized carbons (Fsp3) is 0.650. The van der Waals surface area contributed by atoms with Crippen LogP contribution in [0.15, 0.2) is 24.3 Å². The van der Waals surface area contributed by atoms with E-state index in [1.807, 2.05) is 24.3 Å². The number of carbonyl (C=O) groups is 1. The highest BCUT2D eigenvalue weighted by atomic mass is 32.2. The zero-order valence-corrected chi connectivity index (χ0v) is 17.9. The first-order chi connectivity index (χ1) is 12.5. The van der Waals surface area contributed by atoms with Crippen LogP contribution in [0.2, 0.25) is 0 Å². The van der Waals surface area contributed by atoms with Crippen LogP contribution >= 0.6 is 0 Å². The zero-order valence-electron chi connectivity index (χ0n) is 17.1. The Kier molecular flexibility index (Phi) is 6.92. The molecular weight excluding hydrogens is 362 g/mol. The van der Waals surface area contributed by atoms with Gasteiger partial charge in [0.15, 0.2) is 0 Å². The normalized spacial score (nSPS) is 20.9. The van der Waals surface area contributed by atoms with E-state index in [9.17, 15) is 13.2 Å². The second-order valence-corrected chi connectivity index (χ2v) is 10.9. The fourth-order valence-electron chi connectivity index (χ4n) is 3.13. The minimum atomic E-state index is -3.28. The lowest BCUT2D eigenvalue weighted by Gasteiger charge is -2.31. The summed E-state index contributed by atoms with van der Waals surface area (Å²) in [5, 5.41) is 3.45. The molecular formula is C20H33N3O3S. The molecule has 2 N–H and O–H groups in total. The number of anilines is 2. The fourth-order valence-corrected chi connectivity index (χ4v) is 4.16. The third-order valence-electron chi connectivity index (χ3n) is 5.30. The SMILES string of the molecule is CC(=O)N(C)c1ccc(NCC2CCC(NS(=O)(=O)C(C)(C)C)CC2)cc1. The minimum absolute atomic E-state index is 0.00885. The molecule has 1 aromatic carbocycles. The molecule has 0 aromatic heterocycles. The highest BCUT2D eigenvalue weighted by Gasteiger charge is 2.32. The van der Waals surface area contributed by atoms with Crippen molar-refractivity contribution in [2.45, 2.75) is 64.2 Å². The van der Waals surface area contributed by atoms with Gasteiger partial charge in [-0.1, -0.05) is 0 Å². The van der Waals surface area contributed by atoms with Crippen LogP contribution in [0.1, 0.15) is 53.4 Å². The lowest BCUT2D eigenvalue weighted by Crippen LogP contribution is -2.46. The van der Waals surface area contributed by atoms with Gasteiger partial charge in [0.05, 0.1) is 4.75 Å². The number of rotatable bonds is 6. The summed E-state index contributed by atoms with van der Waals surface area (Å²) in [5.41, 5.74) is 1.91. The number of nitrogens with one attached hydrogen (secondary N) is 2. The van der Waals surface area contributed by atoms with Gasteiger partial charge in [-0.05, 0) is 76.6 Å². The monoisotopic (exact) mass is 395 g/mol. The average molecular weight is 396 g/mol. The molecule has 27 heavy (non-hydrogen) atoms. The quantitative estimate of drug-likeness (QED) is 0.774. The van der Waals surface area contributed by atoms with Gasteiger partial charge in [-0.2, -0.15) is 0 Å². The van der Waals surface area contributed by atoms with Crippen molar-refractivity contribution in [1.29, 1.82) is 0 Å². The first-order valence-electron chi connectivity index (χ1n) is 9.59. The van der Waals surface area contributed by atoms with E-state index in [1.54, 1.807) is 39.6 Å². The molecule has 152 valence electrons. The molecule has 0 heterocycles. The van der Waals surface area contributed by atoms with Crippen molar-refractivity contribution in [1.82, 2.24) is 4.72 Å². The van der Waals surface area contributed by atoms with Crippen LogP contribution in [0.3, 0.4) is 0 Å². The Labute approximate surface area is 163 Å². The lowest BCUT2D eigenvalue weighted by atomic mass is 9.86. The van der Waals surface area contributed by atoms with Gasteiger partial charge in [0.2, 0.25) is 15.9 Å². The Hall–Kier alpha value is -1.60. The molecule has 1 aliphatic rings. The molecule has 0 radical (unpaired) electrons. The van der Waals surface area contributed by atoms with E-state index in [1.165, 1.54) is 0 Å². The van der Waals surface area contributed by atoms with Crippen LogP contribution in [0.25, 0.3) is 0 Å². The van der Waals surface area contributed by atoms with Crippen LogP contribution in [-0.4, -0.2) is 38.7 Å². The number of carbonyl (C=O) groups excluding carboxylic acids is 1. The van der Waals surface area contributed by atoms with Gasteiger partial charge in [0, 0.05) is 37.9 Å². The summed E-state index contributed by atoms with van der Waals surface area (Å²) >= 11 is 0. The molecule has 1 saturated carbocycles. The van der Waals surface area contributed by atoms with Crippen LogP contribution in [-0.2, 0) is 14.8 Å². The molecule has 7 heteroatoms. The molecule has 1 amide bonds. The summed E-state index contributed by atoms with van der Waals surface area (Å²) in [7, 11) is -1.52. The van der Waals surface area contributed by atoms with E-state index < -0.39 is 14.8 Å². The summed E-state index contributed by atoms with van der Waals surface area (Å²) in [6.07, 6.45) is 3.78. The molecule has 0 bridgehead atoms. The van der Waals surface area contributed by atoms with Crippen molar-refractivity contribution in [3.8, 4) is 0 Å². The van der Waals surface area contributed by atoms with Crippen LogP contribution in [0.5, 0.6) is 0 Å². The molecule has 0 spiro atoms. The van der Waals surface area contributed by atoms with E-state index in [2.05, 4.69) is 10.0 Å². The van der Waals surface area contributed by atoms with Crippen LogP contribution in [0, 0.1) is 5.92 Å². The van der Waals surface area contributed by atoms with E-state index >= 15 is 0 Å². The summed E-state index contributed by atoms with van der Waals surface area (Å²) in [5.74, 6) is 0.550. The number of benzene rings is 1. The first-order valence-corrected chi connectivity index (χ1v) is 11.1. The van der Waals surface area contributed by atoms with Crippen molar-refractivity contribution in [3.05, 3.63) is 24.3 Å². The van der Waals surface area contributed by atoms with E-state index in [0.717, 1.165) is 43.6 Å². The van der Waals surface area contributed by atoms with Crippen molar-refractivity contribution < 1.29 is 13.2 Å². The van der Waals surface area contributed by atoms with Crippen molar-refractivity contribution >= 4 is 27.3 Å². The van der Waals surface area contributed by atoms with E-state index in [-0.39, 0.29) is 11.9 Å². The van der Waals surface area contributed by atoms with Gasteiger partial charge in [-0.25, -0.2) is 13.1 Å². The summed E-state index contributed by atoms with van der Waals surface area (Å²) < 4.78 is 26.7. The topological polar surface area (TPSA) is 78.5 Å². The van der Waals surface area contributed by atoms with Gasteiger partial charge in [0.1, 0.15) is 0 Å². The number of hydrogen-bond donors (Lipinski definition) is 2. The maximum Gasteiger partial charge on any atom is 0.223 e. The number of nitrogens with zero attached hydrogens (tertiary/aromatic N) is 1. The molecule has 2 rings (SSSR count). The molecule has 1 fully saturated rings. The number of hydrogen-bond acceptors (Lipinski definition) is 4. The first kappa shape index (κ1) is 21.7. The lowest BCUT2D eigenvalue weighted by molar-refractivity contribution is -0.116. The maximum absolute atomic E-state index is 12.3. The van der Waals surface area contributed by atoms with Gasteiger partial charge in [0.25, 0.3) is 0 Å². The number of sulfonamides is 1. The van der Waals surface area contributed by atoms with Crippen molar-refractivity contribution in [2.75, 3.05) is 23.8 Å². The maximum atomic E-state index is 12.3. The summed E-state index contributed by atoms with van der Waals surface area (Å²) in [6, 6.07) is 7.88. The van der Waals surface area contributed by atoms with Crippen molar-refractivity contribution in [2.24, 2.45) is 5.92 Å². The molecule has 0 aliphatic heterocycles. The Morgan fingerprint density at radius 3 is 2.15 bits per heavy atom. The molecule has 6 nitrogen and oxygen atoms in total. The van der Waals surface area contributed by atoms with E-state index in [4.69, 9.17) is 0 Å². The Balaban J connectivity index is 1.79. The largest absolute Gasteiger partial charge is 0.385 e. The van der Waals surface area contributed by atoms with Crippen molar-refractivity contribution in [3.63, 3.8) is 0 Å². The molecule has 0 unspecified atom stereocenters. The second-order valence-electron chi connectivity index (χ2n) is 8.46. The Morgan fingerprint density at radius 2 is 1.67 bits per heavy atom. The molecule has 0 atom stereocenters. The predicted octanol–water partition coefficient (Wildman–Crippen LogP) is 3.36. The Bertz CT molecular complexity index is 731. The Morgan fingerprint density at radius 1 is 1.11 bits per heavy atom. The van der Waals surface area contributed by atoms with Crippen LogP contribution in [0.4, 0.5) is 11.4 Å². The van der Waals surface area contributed by atoms with Gasteiger partial charge >= 0.3 is 0 Å². The van der Waals surface area contributed by atoms with Crippen LogP contribution < -0.4 is 14.9 Å². The minimum Gasteiger partial charge on any atom is -0.385 e. The highest BCUT2D eigenvalue weighted by molar-refractivity contribution is 7.90. The smallest absolute Gasteiger partial charge is 0.223 e. The summed E-state index contributed by atoms with van der Waals surface area (Å²) in [4.78, 5) is 13.0. The number of amides is 1. The summed E-state index contributed by atoms with van der Waals surface area (Å²) in [6.45, 7) is 7.60. The van der Waals surface area contributed by atoms with Gasteiger partial charge < -0.3 is 10.2 Å². The van der Waals surface area contributed by atoms with Gasteiger partial charge in [-0.15, -0.1) is 0 Å². The highest BCUT2D eigenvalue weighted by Crippen LogP contribution is 2.27. The van der Waals surface area contributed by atoms with E-state index in [0.29, 0.717) is 5.92 Å². The van der Waals surface area contributed by atoms with Gasteiger partial charge in [-0.3, -0.25) is 4.79 Å². The molecule has 1 aliphatic carbocycles. The third-order valence-corrected chi connectivity index (χ3v) is 7.55. The zero-order chi connectivity index (χ0) is 20.2. The molecule has 1 aromatic rings. The average Bonchev–Trinajstić information content (AvgIpc) is 2.59.